The quantitative estimate of drug-likeness (QED) is 0.500. The summed E-state index contributed by atoms with van der Waals surface area (Å²) in [5.41, 5.74) is -3.62. The number of nitrogens with zero attached hydrogens (tertiary/aromatic N) is 1. The Morgan fingerprint density at radius 1 is 1.10 bits per heavy atom. The molecule has 0 aromatic heterocycles. The van der Waals surface area contributed by atoms with Crippen LogP contribution < -0.4 is 15.4 Å². The molecule has 2 saturated heterocycles. The Morgan fingerprint density at radius 2 is 1.79 bits per heavy atom. The number of rotatable bonds is 7. The molecule has 39 heavy (non-hydrogen) atoms. The second-order valence-electron chi connectivity index (χ2n) is 10.5. The topological polar surface area (TPSA) is 79.9 Å². The van der Waals surface area contributed by atoms with Crippen molar-refractivity contribution in [3.8, 4) is 5.75 Å². The molecule has 0 bridgehead atoms. The zero-order valence-corrected chi connectivity index (χ0v) is 21.5. The number of urea groups is 1. The molecule has 1 saturated carbocycles. The first-order valence-electron chi connectivity index (χ1n) is 13.0. The van der Waals surface area contributed by atoms with E-state index in [0.717, 1.165) is 24.9 Å². The van der Waals surface area contributed by atoms with Crippen molar-refractivity contribution in [2.75, 3.05) is 33.4 Å². The van der Waals surface area contributed by atoms with E-state index in [2.05, 4.69) is 10.6 Å². The van der Waals surface area contributed by atoms with Gasteiger partial charge in [-0.1, -0.05) is 36.4 Å². The van der Waals surface area contributed by atoms with Crippen LogP contribution in [0.5, 0.6) is 5.75 Å². The van der Waals surface area contributed by atoms with E-state index in [0.29, 0.717) is 23.8 Å². The molecule has 2 aliphatic heterocycles. The Bertz CT molecular complexity index is 1210. The van der Waals surface area contributed by atoms with Crippen molar-refractivity contribution in [2.24, 2.45) is 5.92 Å². The number of nitrogens with one attached hydrogen (secondary N) is 2. The van der Waals surface area contributed by atoms with Gasteiger partial charge in [0, 0.05) is 49.9 Å². The highest BCUT2D eigenvalue weighted by Gasteiger charge is 2.64. The molecule has 210 valence electrons. The molecule has 0 radical (unpaired) electrons. The SMILES string of the molecule is CO[C@@](C(=O)N1CCC2(CC1)NC(=O)NC[C@@H]2c1ccc(F)cc1OCC1CC1)(c1ccccc1)C(F)(F)F. The van der Waals surface area contributed by atoms with Gasteiger partial charge in [-0.2, -0.15) is 13.2 Å². The van der Waals surface area contributed by atoms with Gasteiger partial charge in [0.05, 0.1) is 12.1 Å². The summed E-state index contributed by atoms with van der Waals surface area (Å²) < 4.78 is 68.5. The molecular weight excluding hydrogens is 518 g/mol. The number of carbonyl (C=O) groups is 2. The summed E-state index contributed by atoms with van der Waals surface area (Å²) in [4.78, 5) is 27.2. The lowest BCUT2D eigenvalue weighted by molar-refractivity contribution is -0.270. The Hall–Kier alpha value is -3.34. The zero-order valence-electron chi connectivity index (χ0n) is 21.5. The van der Waals surface area contributed by atoms with Crippen molar-refractivity contribution in [1.29, 1.82) is 0 Å². The number of methoxy groups -OCH3 is 1. The Balaban J connectivity index is 1.42. The molecule has 3 aliphatic rings. The molecule has 2 heterocycles. The van der Waals surface area contributed by atoms with Gasteiger partial charge >= 0.3 is 12.2 Å². The molecule has 1 spiro atoms. The smallest absolute Gasteiger partial charge is 0.430 e. The van der Waals surface area contributed by atoms with E-state index in [1.54, 1.807) is 12.1 Å². The van der Waals surface area contributed by atoms with Crippen LogP contribution in [0.1, 0.15) is 42.7 Å². The van der Waals surface area contributed by atoms with Crippen LogP contribution in [0.2, 0.25) is 0 Å². The second kappa shape index (κ2) is 10.3. The maximum atomic E-state index is 14.5. The largest absolute Gasteiger partial charge is 0.493 e. The van der Waals surface area contributed by atoms with Crippen LogP contribution in [0.15, 0.2) is 48.5 Å². The number of carbonyl (C=O) groups excluding carboxylic acids is 2. The Morgan fingerprint density at radius 3 is 2.41 bits per heavy atom. The van der Waals surface area contributed by atoms with Crippen molar-refractivity contribution in [1.82, 2.24) is 15.5 Å². The maximum absolute atomic E-state index is 14.5. The third kappa shape index (κ3) is 5.04. The monoisotopic (exact) mass is 549 g/mol. The lowest BCUT2D eigenvalue weighted by Crippen LogP contribution is -2.67. The minimum Gasteiger partial charge on any atom is -0.493 e. The van der Waals surface area contributed by atoms with Gasteiger partial charge in [-0.15, -0.1) is 0 Å². The highest BCUT2D eigenvalue weighted by atomic mass is 19.4. The maximum Gasteiger partial charge on any atom is 0.430 e. The van der Waals surface area contributed by atoms with E-state index in [1.165, 1.54) is 36.4 Å². The summed E-state index contributed by atoms with van der Waals surface area (Å²) in [7, 11) is 0.880. The van der Waals surface area contributed by atoms with Crippen LogP contribution in [0, 0.1) is 11.7 Å². The molecule has 11 heteroatoms. The van der Waals surface area contributed by atoms with Crippen molar-refractivity contribution < 1.29 is 36.6 Å². The lowest BCUT2D eigenvalue weighted by Gasteiger charge is -2.50. The van der Waals surface area contributed by atoms with Gasteiger partial charge in [0.15, 0.2) is 0 Å². The van der Waals surface area contributed by atoms with Crippen LogP contribution in [0.3, 0.4) is 0 Å². The number of halogens is 4. The number of hydrogen-bond acceptors (Lipinski definition) is 4. The average Bonchev–Trinajstić information content (AvgIpc) is 3.74. The fourth-order valence-corrected chi connectivity index (χ4v) is 5.78. The number of alkyl halides is 3. The summed E-state index contributed by atoms with van der Waals surface area (Å²) >= 11 is 0. The van der Waals surface area contributed by atoms with Crippen LogP contribution in [-0.2, 0) is 15.1 Å². The van der Waals surface area contributed by atoms with E-state index in [-0.39, 0.29) is 44.0 Å². The molecule has 7 nitrogen and oxygen atoms in total. The lowest BCUT2D eigenvalue weighted by atomic mass is 9.71. The van der Waals surface area contributed by atoms with E-state index < -0.39 is 35.1 Å². The fraction of sp³-hybridized carbons (Fsp3) is 0.500. The molecule has 2 aromatic carbocycles. The summed E-state index contributed by atoms with van der Waals surface area (Å²) in [6, 6.07) is 10.8. The minimum atomic E-state index is -5.01. The molecular formula is C28H31F4N3O4. The molecule has 3 fully saturated rings. The Kier molecular flexibility index (Phi) is 7.21. The van der Waals surface area contributed by atoms with Crippen LogP contribution in [0.25, 0.3) is 0 Å². The summed E-state index contributed by atoms with van der Waals surface area (Å²) in [5.74, 6) is -1.18. The van der Waals surface area contributed by atoms with E-state index in [9.17, 15) is 27.2 Å². The van der Waals surface area contributed by atoms with E-state index in [4.69, 9.17) is 9.47 Å². The van der Waals surface area contributed by atoms with Crippen molar-refractivity contribution in [3.63, 3.8) is 0 Å². The first kappa shape index (κ1) is 27.2. The first-order valence-corrected chi connectivity index (χ1v) is 13.0. The van der Waals surface area contributed by atoms with E-state index in [1.807, 2.05) is 0 Å². The van der Waals surface area contributed by atoms with Crippen LogP contribution in [-0.4, -0.2) is 61.9 Å². The molecule has 1 aliphatic carbocycles. The van der Waals surface area contributed by atoms with Gasteiger partial charge in [-0.3, -0.25) is 4.79 Å². The van der Waals surface area contributed by atoms with Gasteiger partial charge in [0.1, 0.15) is 11.6 Å². The Labute approximate surface area is 223 Å². The molecule has 2 N–H and O–H groups in total. The second-order valence-corrected chi connectivity index (χ2v) is 10.5. The molecule has 2 atom stereocenters. The number of ether oxygens (including phenoxy) is 2. The van der Waals surface area contributed by atoms with Crippen molar-refractivity contribution in [2.45, 2.75) is 48.9 Å². The van der Waals surface area contributed by atoms with Gasteiger partial charge in [-0.25, -0.2) is 9.18 Å². The molecule has 2 aromatic rings. The highest BCUT2D eigenvalue weighted by molar-refractivity contribution is 5.88. The third-order valence-electron chi connectivity index (χ3n) is 8.15. The van der Waals surface area contributed by atoms with Crippen molar-refractivity contribution >= 4 is 11.9 Å². The average molecular weight is 550 g/mol. The standard InChI is InChI=1S/C28H31F4N3O4/c1-38-27(28(30,31)32,19-5-3-2-4-6-19)24(36)35-13-11-26(12-14-35)22(16-33-25(37)34-26)21-10-9-20(29)15-23(21)39-17-18-7-8-18/h2-6,9-10,15,18,22H,7-8,11-14,16-17H2,1H3,(H2,33,34,37)/t22-,27-/m1/s1. The molecule has 3 amide bonds. The van der Waals surface area contributed by atoms with Gasteiger partial charge < -0.3 is 25.0 Å². The number of amides is 3. The van der Waals surface area contributed by atoms with E-state index >= 15 is 0 Å². The van der Waals surface area contributed by atoms with Crippen LogP contribution >= 0.6 is 0 Å². The summed E-state index contributed by atoms with van der Waals surface area (Å²) in [6.45, 7) is 0.625. The van der Waals surface area contributed by atoms with Gasteiger partial charge in [0.25, 0.3) is 11.5 Å². The van der Waals surface area contributed by atoms with Gasteiger partial charge in [0.2, 0.25) is 0 Å². The normalized spacial score (nSPS) is 22.5. The summed E-state index contributed by atoms with van der Waals surface area (Å²) in [6.07, 6.45) is -2.50. The predicted molar refractivity (Wildman–Crippen MR) is 134 cm³/mol. The molecule has 5 rings (SSSR count). The highest BCUT2D eigenvalue weighted by Crippen LogP contribution is 2.46. The fourth-order valence-electron chi connectivity index (χ4n) is 5.78. The van der Waals surface area contributed by atoms with Crippen LogP contribution in [0.4, 0.5) is 22.4 Å². The third-order valence-corrected chi connectivity index (χ3v) is 8.15. The minimum absolute atomic E-state index is 0.0386. The number of likely N-dealkylation sites (tertiary alicyclic amines) is 1. The summed E-state index contributed by atoms with van der Waals surface area (Å²) in [5, 5.41) is 5.76. The number of piperidine rings is 1. The predicted octanol–water partition coefficient (Wildman–Crippen LogP) is 4.48. The first-order chi connectivity index (χ1) is 18.6. The zero-order chi connectivity index (χ0) is 27.8. The number of hydrogen-bond donors (Lipinski definition) is 2. The van der Waals surface area contributed by atoms with Gasteiger partial charge in [-0.05, 0) is 37.7 Å². The van der Waals surface area contributed by atoms with Crippen molar-refractivity contribution in [3.05, 3.63) is 65.5 Å². The number of benzene rings is 2. The molecule has 0 unspecified atom stereocenters.